The number of carbonyl (C=O) groups is 2. The van der Waals surface area contributed by atoms with Gasteiger partial charge < -0.3 is 19.8 Å². The zero-order chi connectivity index (χ0) is 27.1. The third-order valence-electron chi connectivity index (χ3n) is 6.29. The van der Waals surface area contributed by atoms with E-state index in [0.29, 0.717) is 41.5 Å². The predicted octanol–water partition coefficient (Wildman–Crippen LogP) is 3.05. The van der Waals surface area contributed by atoms with Gasteiger partial charge in [-0.05, 0) is 31.6 Å². The summed E-state index contributed by atoms with van der Waals surface area (Å²) >= 11 is 0. The number of nitrogens with zero attached hydrogens (tertiary/aromatic N) is 6. The predicted molar refractivity (Wildman–Crippen MR) is 133 cm³/mol. The molecule has 4 heterocycles. The molecule has 0 radical (unpaired) electrons. The zero-order valence-corrected chi connectivity index (χ0v) is 20.5. The highest BCUT2D eigenvalue weighted by Crippen LogP contribution is 2.24. The first kappa shape index (κ1) is 24.8. The van der Waals surface area contributed by atoms with E-state index in [4.69, 9.17) is 5.26 Å². The van der Waals surface area contributed by atoms with E-state index in [1.54, 1.807) is 20.0 Å². The molecule has 5 rings (SSSR count). The molecule has 1 aliphatic heterocycles. The maximum Gasteiger partial charge on any atom is 0.256 e. The highest BCUT2D eigenvalue weighted by atomic mass is 19.1. The van der Waals surface area contributed by atoms with E-state index < -0.39 is 23.6 Å². The van der Waals surface area contributed by atoms with E-state index in [9.17, 15) is 18.4 Å². The Morgan fingerprint density at radius 3 is 2.58 bits per heavy atom. The van der Waals surface area contributed by atoms with Crippen LogP contribution in [0.15, 0.2) is 48.9 Å². The van der Waals surface area contributed by atoms with E-state index >= 15 is 0 Å². The Labute approximate surface area is 215 Å². The topological polar surface area (TPSA) is 133 Å². The molecule has 0 spiro atoms. The normalized spacial score (nSPS) is 14.1. The maximum absolute atomic E-state index is 13.7. The van der Waals surface area contributed by atoms with Gasteiger partial charge in [0.05, 0.1) is 29.4 Å². The summed E-state index contributed by atoms with van der Waals surface area (Å²) in [5, 5.41) is 11.7. The number of aromatic amines is 1. The monoisotopic (exact) mass is 516 g/mol. The average Bonchev–Trinajstić information content (AvgIpc) is 3.44. The first-order chi connectivity index (χ1) is 18.1. The number of hydrogen-bond donors (Lipinski definition) is 2. The Balaban J connectivity index is 1.42. The lowest BCUT2D eigenvalue weighted by atomic mass is 9.99. The van der Waals surface area contributed by atoms with Crippen molar-refractivity contribution in [2.45, 2.75) is 19.9 Å². The van der Waals surface area contributed by atoms with E-state index in [1.807, 2.05) is 0 Å². The molecule has 192 valence electrons. The third kappa shape index (κ3) is 4.50. The number of nitrogens with one attached hydrogen (secondary N) is 2. The summed E-state index contributed by atoms with van der Waals surface area (Å²) in [5.74, 6) is -2.08. The van der Waals surface area contributed by atoms with Gasteiger partial charge in [-0.15, -0.1) is 0 Å². The van der Waals surface area contributed by atoms with Gasteiger partial charge in [-0.2, -0.15) is 5.26 Å². The van der Waals surface area contributed by atoms with Crippen LogP contribution in [0.4, 0.5) is 8.78 Å². The number of halogens is 2. The molecule has 1 aromatic carbocycles. The zero-order valence-electron chi connectivity index (χ0n) is 20.5. The van der Waals surface area contributed by atoms with Gasteiger partial charge in [0, 0.05) is 31.5 Å². The first-order valence-electron chi connectivity index (χ1n) is 11.7. The highest BCUT2D eigenvalue weighted by molar-refractivity contribution is 6.06. The van der Waals surface area contributed by atoms with Gasteiger partial charge in [0.15, 0.2) is 5.65 Å². The first-order valence-corrected chi connectivity index (χ1v) is 11.7. The van der Waals surface area contributed by atoms with Gasteiger partial charge in [-0.25, -0.2) is 23.7 Å². The Kier molecular flexibility index (Phi) is 6.20. The van der Waals surface area contributed by atoms with Crippen molar-refractivity contribution in [3.8, 4) is 23.1 Å². The number of carbonyl (C=O) groups excluding carboxylic acids is 2. The summed E-state index contributed by atoms with van der Waals surface area (Å²) in [5.41, 5.74) is 2.19. The number of likely N-dealkylation sites (tertiary alicyclic amines) is 1. The molecule has 0 bridgehead atoms. The molecular weight excluding hydrogens is 494 g/mol. The summed E-state index contributed by atoms with van der Waals surface area (Å²) in [6, 6.07) is 4.30. The van der Waals surface area contributed by atoms with Crippen LogP contribution in [0.5, 0.6) is 0 Å². The number of H-pyrrole nitrogens is 1. The molecule has 10 nitrogen and oxygen atoms in total. The largest absolute Gasteiger partial charge is 0.344 e. The summed E-state index contributed by atoms with van der Waals surface area (Å²) in [7, 11) is 0. The van der Waals surface area contributed by atoms with Crippen LogP contribution in [0.2, 0.25) is 0 Å². The van der Waals surface area contributed by atoms with Crippen molar-refractivity contribution in [3.05, 3.63) is 72.0 Å². The van der Waals surface area contributed by atoms with Crippen molar-refractivity contribution in [2.75, 3.05) is 13.1 Å². The van der Waals surface area contributed by atoms with Gasteiger partial charge in [0.25, 0.3) is 5.91 Å². The Bertz CT molecular complexity index is 1620. The second kappa shape index (κ2) is 9.51. The second-order valence-corrected chi connectivity index (χ2v) is 9.15. The Morgan fingerprint density at radius 2 is 1.92 bits per heavy atom. The van der Waals surface area contributed by atoms with Crippen LogP contribution < -0.4 is 5.32 Å². The quantitative estimate of drug-likeness (QED) is 0.379. The maximum atomic E-state index is 13.7. The van der Waals surface area contributed by atoms with Gasteiger partial charge in [-0.3, -0.25) is 9.59 Å². The van der Waals surface area contributed by atoms with Gasteiger partial charge in [-0.1, -0.05) is 6.58 Å². The molecule has 0 saturated carbocycles. The minimum Gasteiger partial charge on any atom is -0.344 e. The summed E-state index contributed by atoms with van der Waals surface area (Å²) < 4.78 is 29.0. The van der Waals surface area contributed by atoms with Crippen LogP contribution in [-0.2, 0) is 4.79 Å². The number of aryl methyl sites for hydroxylation is 1. The summed E-state index contributed by atoms with van der Waals surface area (Å²) in [6.07, 6.45) is 4.48. The smallest absolute Gasteiger partial charge is 0.256 e. The standard InChI is InChI=1S/C26H22F2N8O2/c1-13(2)22(26(38)35-10-15(7-29)11-35)34-25(37)19-8-30-24-23(19)33-20(9-31-24)21-12-36(14(3)32-21)18-5-16(27)4-17(28)6-18/h4-6,8-9,12,15,22H,1,10-11H2,2-3H3,(H,30,31)(H,34,37)/t22-/m1/s1. The minimum atomic E-state index is -0.965. The molecule has 4 aromatic rings. The molecule has 1 aliphatic rings. The Morgan fingerprint density at radius 1 is 1.21 bits per heavy atom. The molecular formula is C26H22F2N8O2. The van der Waals surface area contributed by atoms with Crippen molar-refractivity contribution < 1.29 is 18.4 Å². The molecule has 0 unspecified atom stereocenters. The molecule has 0 aliphatic carbocycles. The molecule has 12 heteroatoms. The van der Waals surface area contributed by atoms with Crippen molar-refractivity contribution in [1.82, 2.24) is 34.7 Å². The Hall–Kier alpha value is -4.92. The third-order valence-corrected chi connectivity index (χ3v) is 6.29. The highest BCUT2D eigenvalue weighted by Gasteiger charge is 2.36. The van der Waals surface area contributed by atoms with Gasteiger partial charge >= 0.3 is 0 Å². The van der Waals surface area contributed by atoms with Crippen molar-refractivity contribution in [2.24, 2.45) is 5.92 Å². The lowest BCUT2D eigenvalue weighted by Gasteiger charge is -2.37. The summed E-state index contributed by atoms with van der Waals surface area (Å²) in [4.78, 5) is 43.8. The molecule has 2 N–H and O–H groups in total. The molecule has 1 saturated heterocycles. The van der Waals surface area contributed by atoms with E-state index in [-0.39, 0.29) is 28.6 Å². The number of benzene rings is 1. The number of rotatable bonds is 6. The number of amides is 2. The fraction of sp³-hybridized carbons (Fsp3) is 0.231. The van der Waals surface area contributed by atoms with Crippen molar-refractivity contribution in [1.29, 1.82) is 5.26 Å². The molecule has 1 fully saturated rings. The van der Waals surface area contributed by atoms with Gasteiger partial charge in [0.1, 0.15) is 40.4 Å². The SMILES string of the molecule is C=C(C)[C@@H](NC(=O)c1c[nH]c2ncc(-c3cn(-c4cc(F)cc(F)c4)c(C)n3)nc12)C(=O)N1CC(C#N)C1. The van der Waals surface area contributed by atoms with Gasteiger partial charge in [0.2, 0.25) is 5.91 Å². The van der Waals surface area contributed by atoms with Crippen LogP contribution in [0.3, 0.4) is 0 Å². The van der Waals surface area contributed by atoms with Crippen molar-refractivity contribution in [3.63, 3.8) is 0 Å². The van der Waals surface area contributed by atoms with Crippen molar-refractivity contribution >= 4 is 23.0 Å². The lowest BCUT2D eigenvalue weighted by Crippen LogP contribution is -2.57. The van der Waals surface area contributed by atoms with E-state index in [2.05, 4.69) is 37.9 Å². The summed E-state index contributed by atoms with van der Waals surface area (Å²) in [6.45, 7) is 7.77. The molecule has 2 amide bonds. The van der Waals surface area contributed by atoms with Crippen LogP contribution in [0.25, 0.3) is 28.2 Å². The van der Waals surface area contributed by atoms with Crippen LogP contribution in [0.1, 0.15) is 23.1 Å². The minimum absolute atomic E-state index is 0.162. The van der Waals surface area contributed by atoms with Crippen LogP contribution >= 0.6 is 0 Å². The molecule has 1 atom stereocenters. The number of hydrogen-bond acceptors (Lipinski definition) is 6. The number of fused-ring (bicyclic) bond motifs is 1. The fourth-order valence-corrected chi connectivity index (χ4v) is 4.25. The van der Waals surface area contributed by atoms with Crippen LogP contribution in [-0.4, -0.2) is 60.3 Å². The number of aromatic nitrogens is 5. The van der Waals surface area contributed by atoms with E-state index in [0.717, 1.165) is 6.07 Å². The number of imidazole rings is 1. The fourth-order valence-electron chi connectivity index (χ4n) is 4.25. The van der Waals surface area contributed by atoms with Crippen LogP contribution in [0, 0.1) is 35.8 Å². The lowest BCUT2D eigenvalue weighted by molar-refractivity contribution is -0.137. The average molecular weight is 517 g/mol. The molecule has 38 heavy (non-hydrogen) atoms. The van der Waals surface area contributed by atoms with E-state index in [1.165, 1.54) is 34.0 Å². The second-order valence-electron chi connectivity index (χ2n) is 9.15. The number of nitriles is 1. The molecule has 3 aromatic heterocycles.